The first-order valence-corrected chi connectivity index (χ1v) is 8.44. The van der Waals surface area contributed by atoms with Crippen LogP contribution >= 0.6 is 0 Å². The van der Waals surface area contributed by atoms with Crippen molar-refractivity contribution in [1.29, 1.82) is 0 Å². The lowest BCUT2D eigenvalue weighted by Crippen LogP contribution is -2.37. The summed E-state index contributed by atoms with van der Waals surface area (Å²) in [6.45, 7) is 0.237. The largest absolute Gasteiger partial charge is 0.334 e. The molecular formula is C18H18FN5O2. The molecule has 0 aliphatic heterocycles. The normalized spacial score (nSPS) is 13.9. The summed E-state index contributed by atoms with van der Waals surface area (Å²) in [6, 6.07) is 6.38. The second-order valence-electron chi connectivity index (χ2n) is 6.57. The molecule has 26 heavy (non-hydrogen) atoms. The number of halogens is 1. The molecule has 0 N–H and O–H groups in total. The standard InChI is InChI=1S/C18H18FN5O2/c1-22-17-15(8-21-22)18(26)23(11-20-17)10-16(25)24(14-5-6-14)9-12-3-2-4-13(19)7-12/h2-4,7-8,11,14H,5-6,9-10H2,1H3. The Kier molecular flexibility index (Phi) is 4.02. The van der Waals surface area contributed by atoms with Crippen molar-refractivity contribution in [2.45, 2.75) is 32.0 Å². The molecule has 134 valence electrons. The van der Waals surface area contributed by atoms with Crippen LogP contribution in [-0.4, -0.2) is 36.2 Å². The van der Waals surface area contributed by atoms with Crippen molar-refractivity contribution in [3.05, 3.63) is 58.5 Å². The van der Waals surface area contributed by atoms with Gasteiger partial charge in [-0.25, -0.2) is 9.37 Å². The monoisotopic (exact) mass is 355 g/mol. The maximum absolute atomic E-state index is 13.4. The topological polar surface area (TPSA) is 73.0 Å². The summed E-state index contributed by atoms with van der Waals surface area (Å²) in [6.07, 6.45) is 4.68. The lowest BCUT2D eigenvalue weighted by molar-refractivity contribution is -0.133. The Balaban J connectivity index is 1.57. The van der Waals surface area contributed by atoms with E-state index in [-0.39, 0.29) is 29.9 Å². The maximum Gasteiger partial charge on any atom is 0.264 e. The van der Waals surface area contributed by atoms with E-state index in [0.29, 0.717) is 17.6 Å². The van der Waals surface area contributed by atoms with Crippen LogP contribution in [0.5, 0.6) is 0 Å². The molecule has 1 fully saturated rings. The fourth-order valence-electron chi connectivity index (χ4n) is 3.05. The first kappa shape index (κ1) is 16.4. The van der Waals surface area contributed by atoms with Crippen molar-refractivity contribution in [3.8, 4) is 0 Å². The Morgan fingerprint density at radius 3 is 2.92 bits per heavy atom. The summed E-state index contributed by atoms with van der Waals surface area (Å²) in [5, 5.41) is 4.40. The number of amides is 1. The van der Waals surface area contributed by atoms with Crippen LogP contribution in [0.15, 0.2) is 41.6 Å². The van der Waals surface area contributed by atoms with E-state index in [1.54, 1.807) is 24.1 Å². The Labute approximate surface area is 148 Å². The SMILES string of the molecule is Cn1ncc2c(=O)n(CC(=O)N(Cc3cccc(F)c3)C3CC3)cnc21. The molecule has 0 unspecified atom stereocenters. The molecule has 1 aliphatic carbocycles. The fraction of sp³-hybridized carbons (Fsp3) is 0.333. The number of hydrogen-bond acceptors (Lipinski definition) is 4. The second-order valence-corrected chi connectivity index (χ2v) is 6.57. The number of nitrogens with zero attached hydrogens (tertiary/aromatic N) is 5. The van der Waals surface area contributed by atoms with Crippen LogP contribution < -0.4 is 5.56 Å². The third-order valence-electron chi connectivity index (χ3n) is 4.57. The first-order chi connectivity index (χ1) is 12.5. The zero-order valence-electron chi connectivity index (χ0n) is 14.3. The molecule has 1 aromatic carbocycles. The van der Waals surface area contributed by atoms with E-state index >= 15 is 0 Å². The quantitative estimate of drug-likeness (QED) is 0.695. The summed E-state index contributed by atoms with van der Waals surface area (Å²) in [4.78, 5) is 31.3. The van der Waals surface area contributed by atoms with Crippen molar-refractivity contribution in [1.82, 2.24) is 24.2 Å². The predicted molar refractivity (Wildman–Crippen MR) is 92.7 cm³/mol. The van der Waals surface area contributed by atoms with Gasteiger partial charge < -0.3 is 4.90 Å². The number of carbonyl (C=O) groups excluding carboxylic acids is 1. The molecule has 8 heteroatoms. The van der Waals surface area contributed by atoms with Gasteiger partial charge in [0.05, 0.1) is 6.20 Å². The van der Waals surface area contributed by atoms with Crippen LogP contribution in [0.3, 0.4) is 0 Å². The van der Waals surface area contributed by atoms with Crippen LogP contribution in [0.25, 0.3) is 11.0 Å². The van der Waals surface area contributed by atoms with E-state index < -0.39 is 0 Å². The Hall–Kier alpha value is -3.03. The van der Waals surface area contributed by atoms with Crippen LogP contribution in [0.2, 0.25) is 0 Å². The number of aromatic nitrogens is 4. The summed E-state index contributed by atoms with van der Waals surface area (Å²) in [7, 11) is 1.71. The van der Waals surface area contributed by atoms with E-state index in [0.717, 1.165) is 18.4 Å². The summed E-state index contributed by atoms with van der Waals surface area (Å²) >= 11 is 0. The highest BCUT2D eigenvalue weighted by Crippen LogP contribution is 2.28. The summed E-state index contributed by atoms with van der Waals surface area (Å²) in [5.41, 5.74) is 0.925. The van der Waals surface area contributed by atoms with Gasteiger partial charge in [0.2, 0.25) is 5.91 Å². The molecule has 2 aromatic heterocycles. The second kappa shape index (κ2) is 6.36. The smallest absolute Gasteiger partial charge is 0.264 e. The van der Waals surface area contributed by atoms with Gasteiger partial charge in [-0.3, -0.25) is 18.8 Å². The highest BCUT2D eigenvalue weighted by molar-refractivity contribution is 5.78. The number of carbonyl (C=O) groups is 1. The molecule has 0 spiro atoms. The van der Waals surface area contributed by atoms with Crippen LogP contribution in [0.4, 0.5) is 4.39 Å². The van der Waals surface area contributed by atoms with Gasteiger partial charge in [0.15, 0.2) is 5.65 Å². The van der Waals surface area contributed by atoms with E-state index in [1.807, 2.05) is 0 Å². The highest BCUT2D eigenvalue weighted by Gasteiger charge is 2.32. The minimum atomic E-state index is -0.326. The van der Waals surface area contributed by atoms with Crippen molar-refractivity contribution in [2.24, 2.45) is 7.05 Å². The molecule has 1 aliphatic rings. The van der Waals surface area contributed by atoms with Gasteiger partial charge in [-0.1, -0.05) is 12.1 Å². The molecule has 1 saturated carbocycles. The van der Waals surface area contributed by atoms with Crippen molar-refractivity contribution in [2.75, 3.05) is 0 Å². The van der Waals surface area contributed by atoms with Gasteiger partial charge >= 0.3 is 0 Å². The van der Waals surface area contributed by atoms with Gasteiger partial charge in [0.1, 0.15) is 24.1 Å². The van der Waals surface area contributed by atoms with Crippen LogP contribution in [0.1, 0.15) is 18.4 Å². The van der Waals surface area contributed by atoms with E-state index in [4.69, 9.17) is 0 Å². The minimum absolute atomic E-state index is 0.0948. The van der Waals surface area contributed by atoms with Gasteiger partial charge in [0, 0.05) is 19.6 Å². The number of hydrogen-bond donors (Lipinski definition) is 0. The van der Waals surface area contributed by atoms with Crippen molar-refractivity contribution in [3.63, 3.8) is 0 Å². The predicted octanol–water partition coefficient (Wildman–Crippen LogP) is 1.46. The van der Waals surface area contributed by atoms with Crippen LogP contribution in [0, 0.1) is 5.82 Å². The molecule has 2 heterocycles. The summed E-state index contributed by atoms with van der Waals surface area (Å²) in [5.74, 6) is -0.503. The molecule has 0 atom stereocenters. The molecule has 4 rings (SSSR count). The Morgan fingerprint density at radius 1 is 1.38 bits per heavy atom. The molecule has 0 radical (unpaired) electrons. The number of fused-ring (bicyclic) bond motifs is 1. The Morgan fingerprint density at radius 2 is 2.19 bits per heavy atom. The van der Waals surface area contributed by atoms with Crippen molar-refractivity contribution < 1.29 is 9.18 Å². The van der Waals surface area contributed by atoms with E-state index in [1.165, 1.54) is 33.9 Å². The molecule has 3 aromatic rings. The average molecular weight is 355 g/mol. The molecular weight excluding hydrogens is 337 g/mol. The van der Waals surface area contributed by atoms with E-state index in [9.17, 15) is 14.0 Å². The van der Waals surface area contributed by atoms with Crippen molar-refractivity contribution >= 4 is 16.9 Å². The van der Waals surface area contributed by atoms with Gasteiger partial charge in [-0.05, 0) is 30.5 Å². The Bertz CT molecular complexity index is 1040. The van der Waals surface area contributed by atoms with E-state index in [2.05, 4.69) is 10.1 Å². The maximum atomic E-state index is 13.4. The molecule has 1 amide bonds. The zero-order valence-corrected chi connectivity index (χ0v) is 14.3. The van der Waals surface area contributed by atoms with Gasteiger partial charge in [-0.15, -0.1) is 0 Å². The lowest BCUT2D eigenvalue weighted by atomic mass is 10.2. The fourth-order valence-corrected chi connectivity index (χ4v) is 3.05. The summed E-state index contributed by atoms with van der Waals surface area (Å²) < 4.78 is 16.2. The number of rotatable bonds is 5. The van der Waals surface area contributed by atoms with Crippen LogP contribution in [-0.2, 0) is 24.9 Å². The number of benzene rings is 1. The lowest BCUT2D eigenvalue weighted by Gasteiger charge is -2.23. The number of aryl methyl sites for hydroxylation is 1. The highest BCUT2D eigenvalue weighted by atomic mass is 19.1. The third-order valence-corrected chi connectivity index (χ3v) is 4.57. The average Bonchev–Trinajstić information content (AvgIpc) is 3.38. The molecule has 0 saturated heterocycles. The first-order valence-electron chi connectivity index (χ1n) is 8.44. The molecule has 0 bridgehead atoms. The third kappa shape index (κ3) is 3.10. The molecule has 7 nitrogen and oxygen atoms in total. The van der Waals surface area contributed by atoms with Gasteiger partial charge in [0.25, 0.3) is 5.56 Å². The van der Waals surface area contributed by atoms with Gasteiger partial charge in [-0.2, -0.15) is 5.10 Å². The minimum Gasteiger partial charge on any atom is -0.334 e. The zero-order chi connectivity index (χ0) is 18.3.